The van der Waals surface area contributed by atoms with Crippen LogP contribution in [-0.4, -0.2) is 16.5 Å². The summed E-state index contributed by atoms with van der Waals surface area (Å²) in [6.07, 6.45) is 5.23. The molecule has 0 saturated heterocycles. The Kier molecular flexibility index (Phi) is 5.25. The largest absolute Gasteiger partial charge is 0.273 e. The normalized spacial score (nSPS) is 17.9. The number of amides is 1. The highest BCUT2D eigenvalue weighted by molar-refractivity contribution is 5.96. The molecule has 0 bridgehead atoms. The third-order valence-corrected chi connectivity index (χ3v) is 4.24. The summed E-state index contributed by atoms with van der Waals surface area (Å²) in [5, 5.41) is 15.1. The van der Waals surface area contributed by atoms with E-state index in [4.69, 9.17) is 0 Å². The molecular weight excluding hydrogens is 282 g/mol. The van der Waals surface area contributed by atoms with Crippen LogP contribution in [0.4, 0.5) is 5.69 Å². The number of nitrogens with zero attached hydrogens (tertiary/aromatic N) is 2. The lowest BCUT2D eigenvalue weighted by Gasteiger charge is -2.21. The van der Waals surface area contributed by atoms with Crippen molar-refractivity contribution in [2.24, 2.45) is 11.0 Å². The maximum Gasteiger partial charge on any atom is 0.273 e. The molecule has 0 unspecified atom stereocenters. The van der Waals surface area contributed by atoms with Crippen LogP contribution in [0.15, 0.2) is 23.3 Å². The molecule has 1 amide bonds. The Morgan fingerprint density at radius 3 is 2.68 bits per heavy atom. The summed E-state index contributed by atoms with van der Waals surface area (Å²) in [6.45, 7) is 3.84. The van der Waals surface area contributed by atoms with Gasteiger partial charge in [-0.25, -0.2) is 5.43 Å². The van der Waals surface area contributed by atoms with Crippen LogP contribution in [0.2, 0.25) is 0 Å². The molecule has 6 nitrogen and oxygen atoms in total. The molecule has 118 valence electrons. The first-order valence-electron chi connectivity index (χ1n) is 7.62. The van der Waals surface area contributed by atoms with E-state index in [-0.39, 0.29) is 11.3 Å². The average molecular weight is 303 g/mol. The summed E-state index contributed by atoms with van der Waals surface area (Å²) in [5.74, 6) is 0.350. The van der Waals surface area contributed by atoms with Crippen LogP contribution in [0.5, 0.6) is 0 Å². The molecule has 2 rings (SSSR count). The van der Waals surface area contributed by atoms with Crippen molar-refractivity contribution in [3.8, 4) is 0 Å². The molecule has 0 heterocycles. The number of hydrogen-bond acceptors (Lipinski definition) is 4. The molecule has 1 fully saturated rings. The third kappa shape index (κ3) is 3.90. The number of carbonyl (C=O) groups is 1. The van der Waals surface area contributed by atoms with E-state index in [1.807, 2.05) is 0 Å². The van der Waals surface area contributed by atoms with Crippen molar-refractivity contribution in [3.63, 3.8) is 0 Å². The molecule has 6 heteroatoms. The topological polar surface area (TPSA) is 84.6 Å². The lowest BCUT2D eigenvalue weighted by Crippen LogP contribution is -2.22. The Morgan fingerprint density at radius 1 is 1.41 bits per heavy atom. The summed E-state index contributed by atoms with van der Waals surface area (Å²) in [5.41, 5.74) is 4.25. The third-order valence-electron chi connectivity index (χ3n) is 4.24. The van der Waals surface area contributed by atoms with Gasteiger partial charge in [0.15, 0.2) is 0 Å². The van der Waals surface area contributed by atoms with E-state index in [1.54, 1.807) is 19.1 Å². The average Bonchev–Trinajstić information content (AvgIpc) is 2.53. The fourth-order valence-corrected chi connectivity index (χ4v) is 2.67. The van der Waals surface area contributed by atoms with E-state index in [1.165, 1.54) is 12.5 Å². The van der Waals surface area contributed by atoms with Gasteiger partial charge in [0.2, 0.25) is 0 Å². The first kappa shape index (κ1) is 16.1. The molecule has 1 aromatic carbocycles. The van der Waals surface area contributed by atoms with Gasteiger partial charge in [0.1, 0.15) is 0 Å². The quantitative estimate of drug-likeness (QED) is 0.681. The minimum atomic E-state index is -0.482. The van der Waals surface area contributed by atoms with Gasteiger partial charge < -0.3 is 0 Å². The Bertz CT molecular complexity index is 601. The van der Waals surface area contributed by atoms with Crippen molar-refractivity contribution >= 4 is 17.3 Å². The molecule has 1 aliphatic carbocycles. The number of aryl methyl sites for hydroxylation is 1. The Labute approximate surface area is 129 Å². The summed E-state index contributed by atoms with van der Waals surface area (Å²) >= 11 is 0. The highest BCUT2D eigenvalue weighted by Gasteiger charge is 2.17. The number of benzene rings is 1. The lowest BCUT2D eigenvalue weighted by molar-refractivity contribution is -0.385. The van der Waals surface area contributed by atoms with Gasteiger partial charge in [-0.05, 0) is 44.6 Å². The SMILES string of the molecule is CCC1CCC(=NNC(=O)c2ccc(C)c([N+](=O)[O-])c2)CC1. The number of nitrogens with one attached hydrogen (secondary N) is 1. The van der Waals surface area contributed by atoms with Gasteiger partial charge >= 0.3 is 0 Å². The minimum absolute atomic E-state index is 0.0521. The van der Waals surface area contributed by atoms with Gasteiger partial charge in [-0.15, -0.1) is 0 Å². The van der Waals surface area contributed by atoms with Crippen molar-refractivity contribution in [2.45, 2.75) is 46.0 Å². The van der Waals surface area contributed by atoms with Crippen LogP contribution < -0.4 is 5.43 Å². The smallest absolute Gasteiger partial charge is 0.267 e. The first-order valence-corrected chi connectivity index (χ1v) is 7.62. The standard InChI is InChI=1S/C16H21N3O3/c1-3-12-5-8-14(9-6-12)17-18-16(20)13-7-4-11(2)15(10-13)19(21)22/h4,7,10,12H,3,5-6,8-9H2,1-2H3,(H,18,20). The molecule has 1 aromatic rings. The zero-order valence-corrected chi connectivity index (χ0v) is 13.0. The van der Waals surface area contributed by atoms with Gasteiger partial charge in [-0.3, -0.25) is 14.9 Å². The van der Waals surface area contributed by atoms with Crippen LogP contribution in [0.1, 0.15) is 54.9 Å². The van der Waals surface area contributed by atoms with Crippen molar-refractivity contribution in [1.82, 2.24) is 5.43 Å². The fourth-order valence-electron chi connectivity index (χ4n) is 2.67. The van der Waals surface area contributed by atoms with Gasteiger partial charge in [-0.2, -0.15) is 5.10 Å². The second-order valence-corrected chi connectivity index (χ2v) is 5.73. The lowest BCUT2D eigenvalue weighted by atomic mass is 9.86. The van der Waals surface area contributed by atoms with Crippen LogP contribution >= 0.6 is 0 Å². The van der Waals surface area contributed by atoms with Gasteiger partial charge in [-0.1, -0.05) is 19.4 Å². The maximum absolute atomic E-state index is 12.1. The Balaban J connectivity index is 2.01. The second-order valence-electron chi connectivity index (χ2n) is 5.73. The van der Waals surface area contributed by atoms with Crippen LogP contribution in [-0.2, 0) is 0 Å². The van der Waals surface area contributed by atoms with Crippen molar-refractivity contribution in [3.05, 3.63) is 39.4 Å². The van der Waals surface area contributed by atoms with Crippen molar-refractivity contribution in [2.75, 3.05) is 0 Å². The van der Waals surface area contributed by atoms with Gasteiger partial charge in [0.25, 0.3) is 11.6 Å². The molecule has 22 heavy (non-hydrogen) atoms. The monoisotopic (exact) mass is 303 g/mol. The molecule has 0 spiro atoms. The molecular formula is C16H21N3O3. The van der Waals surface area contributed by atoms with Crippen molar-refractivity contribution < 1.29 is 9.72 Å². The molecule has 0 atom stereocenters. The van der Waals surface area contributed by atoms with Crippen LogP contribution in [0, 0.1) is 23.0 Å². The molecule has 0 aromatic heterocycles. The molecule has 1 N–H and O–H groups in total. The van der Waals surface area contributed by atoms with E-state index in [0.717, 1.165) is 37.3 Å². The maximum atomic E-state index is 12.1. The van der Waals surface area contributed by atoms with E-state index >= 15 is 0 Å². The Morgan fingerprint density at radius 2 is 2.09 bits per heavy atom. The summed E-state index contributed by atoms with van der Waals surface area (Å²) in [6, 6.07) is 4.44. The van der Waals surface area contributed by atoms with Gasteiger partial charge in [0.05, 0.1) is 4.92 Å². The van der Waals surface area contributed by atoms with E-state index in [0.29, 0.717) is 5.56 Å². The number of carbonyl (C=O) groups excluding carboxylic acids is 1. The van der Waals surface area contributed by atoms with Crippen molar-refractivity contribution in [1.29, 1.82) is 0 Å². The van der Waals surface area contributed by atoms with Crippen LogP contribution in [0.3, 0.4) is 0 Å². The van der Waals surface area contributed by atoms with Gasteiger partial charge in [0, 0.05) is 22.9 Å². The summed E-state index contributed by atoms with van der Waals surface area (Å²) in [4.78, 5) is 22.5. The molecule has 0 radical (unpaired) electrons. The van der Waals surface area contributed by atoms with E-state index < -0.39 is 10.8 Å². The second kappa shape index (κ2) is 7.15. The number of nitro groups is 1. The van der Waals surface area contributed by atoms with Crippen LogP contribution in [0.25, 0.3) is 0 Å². The number of hydrazone groups is 1. The predicted molar refractivity (Wildman–Crippen MR) is 85.0 cm³/mol. The number of rotatable bonds is 4. The molecule has 1 aliphatic rings. The molecule has 0 aliphatic heterocycles. The Hall–Kier alpha value is -2.24. The number of hydrogen-bond donors (Lipinski definition) is 1. The highest BCUT2D eigenvalue weighted by atomic mass is 16.6. The fraction of sp³-hybridized carbons (Fsp3) is 0.500. The predicted octanol–water partition coefficient (Wildman–Crippen LogP) is 3.59. The minimum Gasteiger partial charge on any atom is -0.267 e. The van der Waals surface area contributed by atoms with E-state index in [2.05, 4.69) is 17.5 Å². The summed E-state index contributed by atoms with van der Waals surface area (Å²) in [7, 11) is 0. The number of nitro benzene ring substituents is 1. The zero-order valence-electron chi connectivity index (χ0n) is 13.0. The molecule has 1 saturated carbocycles. The first-order chi connectivity index (χ1) is 10.5. The zero-order chi connectivity index (χ0) is 16.1. The summed E-state index contributed by atoms with van der Waals surface area (Å²) < 4.78 is 0. The van der Waals surface area contributed by atoms with E-state index in [9.17, 15) is 14.9 Å². The highest BCUT2D eigenvalue weighted by Crippen LogP contribution is 2.24.